The minimum absolute atomic E-state index is 0.382. The number of benzene rings is 2. The van der Waals surface area contributed by atoms with E-state index in [1.807, 2.05) is 23.0 Å². The first-order valence-corrected chi connectivity index (χ1v) is 14.1. The van der Waals surface area contributed by atoms with Gasteiger partial charge in [0, 0.05) is 44.7 Å². The summed E-state index contributed by atoms with van der Waals surface area (Å²) in [7, 11) is 0. The molecule has 1 saturated heterocycles. The maximum atomic E-state index is 4.93. The van der Waals surface area contributed by atoms with Crippen LogP contribution in [0.5, 0.6) is 0 Å². The zero-order valence-electron chi connectivity index (χ0n) is 22.5. The Bertz CT molecular complexity index is 1420. The molecule has 3 heterocycles. The van der Waals surface area contributed by atoms with Crippen LogP contribution in [0, 0.1) is 0 Å². The van der Waals surface area contributed by atoms with Crippen molar-refractivity contribution in [2.24, 2.45) is 0 Å². The second-order valence-electron chi connectivity index (χ2n) is 10.5. The predicted molar refractivity (Wildman–Crippen MR) is 160 cm³/mol. The summed E-state index contributed by atoms with van der Waals surface area (Å²) in [6.07, 6.45) is 9.84. The lowest BCUT2D eigenvalue weighted by Crippen LogP contribution is -2.44. The van der Waals surface area contributed by atoms with Crippen molar-refractivity contribution < 1.29 is 0 Å². The number of allylic oxidation sites excluding steroid dienone is 1. The van der Waals surface area contributed by atoms with Crippen LogP contribution in [0.25, 0.3) is 11.2 Å². The van der Waals surface area contributed by atoms with Crippen molar-refractivity contribution in [3.63, 3.8) is 0 Å². The Morgan fingerprint density at radius 2 is 1.59 bits per heavy atom. The summed E-state index contributed by atoms with van der Waals surface area (Å²) >= 11 is 0. The molecule has 2 N–H and O–H groups in total. The second kappa shape index (κ2) is 11.4. The van der Waals surface area contributed by atoms with Gasteiger partial charge in [0.1, 0.15) is 0 Å². The van der Waals surface area contributed by atoms with Gasteiger partial charge in [0.2, 0.25) is 5.95 Å². The number of piperidine rings is 1. The molecule has 0 unspecified atom stereocenters. The number of hydrogen-bond acceptors (Lipinski definition) is 6. The van der Waals surface area contributed by atoms with E-state index in [2.05, 4.69) is 82.2 Å². The molecule has 0 saturated carbocycles. The molecule has 0 amide bonds. The first-order chi connectivity index (χ1) is 19.2. The molecule has 1 fully saturated rings. The average Bonchev–Trinajstić information content (AvgIpc) is 3.31. The van der Waals surface area contributed by atoms with Crippen LogP contribution in [0.15, 0.2) is 80.2 Å². The third-order valence-electron chi connectivity index (χ3n) is 8.10. The molecule has 1 aliphatic carbocycles. The molecule has 0 radical (unpaired) electrons. The smallest absolute Gasteiger partial charge is 0.229 e. The fourth-order valence-electron chi connectivity index (χ4n) is 6.07. The van der Waals surface area contributed by atoms with Gasteiger partial charge in [-0.3, -0.25) is 0 Å². The van der Waals surface area contributed by atoms with Crippen LogP contribution in [-0.4, -0.2) is 51.7 Å². The van der Waals surface area contributed by atoms with Gasteiger partial charge >= 0.3 is 0 Å². The Labute approximate surface area is 230 Å². The van der Waals surface area contributed by atoms with Crippen molar-refractivity contribution in [1.29, 1.82) is 0 Å². The molecule has 1 aliphatic heterocycles. The summed E-state index contributed by atoms with van der Waals surface area (Å²) in [5.41, 5.74) is 7.54. The first kappa shape index (κ1) is 25.3. The zero-order valence-corrected chi connectivity index (χ0v) is 22.5. The van der Waals surface area contributed by atoms with Crippen molar-refractivity contribution in [1.82, 2.24) is 24.8 Å². The maximum Gasteiger partial charge on any atom is 0.229 e. The molecule has 7 nitrogen and oxygen atoms in total. The standard InChI is InChI=1S/C32H37N7/c1-3-17-33-30-29-31(39(18-4-2)22-35-29)37-32(36-30)38-19-15-25(16-20-38)34-21-28-26-11-7-5-9-23(26)13-14-24-10-6-8-12-27(24)28/h3-12,22,25,28,34H,1-2,13-21H2,(H,33,36,37). The highest BCUT2D eigenvalue weighted by Crippen LogP contribution is 2.34. The second-order valence-corrected chi connectivity index (χ2v) is 10.5. The van der Waals surface area contributed by atoms with Crippen molar-refractivity contribution >= 4 is 22.9 Å². The minimum Gasteiger partial charge on any atom is -0.365 e. The summed E-state index contributed by atoms with van der Waals surface area (Å²) in [5.74, 6) is 1.89. The number of imidazole rings is 1. The normalized spacial score (nSPS) is 15.9. The Hall–Kier alpha value is -3.97. The van der Waals surface area contributed by atoms with Crippen molar-refractivity contribution in [3.8, 4) is 0 Å². The third-order valence-corrected chi connectivity index (χ3v) is 8.10. The van der Waals surface area contributed by atoms with Crippen molar-refractivity contribution in [2.75, 3.05) is 36.4 Å². The topological polar surface area (TPSA) is 70.9 Å². The molecule has 2 aliphatic rings. The number of fused-ring (bicyclic) bond motifs is 3. The first-order valence-electron chi connectivity index (χ1n) is 14.1. The third kappa shape index (κ3) is 5.19. The number of anilines is 2. The fraction of sp³-hybridized carbons (Fsp3) is 0.344. The van der Waals surface area contributed by atoms with Gasteiger partial charge < -0.3 is 20.1 Å². The lowest BCUT2D eigenvalue weighted by molar-refractivity contribution is 0.407. The van der Waals surface area contributed by atoms with Crippen LogP contribution in [0.2, 0.25) is 0 Å². The SMILES string of the molecule is C=CCNc1nc(N2CCC(NCC3c4ccccc4CCc4ccccc43)CC2)nc2c1ncn2CC=C. The van der Waals surface area contributed by atoms with Gasteiger partial charge in [0.15, 0.2) is 17.0 Å². The van der Waals surface area contributed by atoms with E-state index in [1.54, 1.807) is 0 Å². The summed E-state index contributed by atoms with van der Waals surface area (Å²) in [4.78, 5) is 16.7. The van der Waals surface area contributed by atoms with E-state index in [1.165, 1.54) is 22.3 Å². The monoisotopic (exact) mass is 519 g/mol. The van der Waals surface area contributed by atoms with Gasteiger partial charge in [-0.05, 0) is 47.9 Å². The molecule has 0 bridgehead atoms. The average molecular weight is 520 g/mol. The quantitative estimate of drug-likeness (QED) is 0.300. The molecule has 200 valence electrons. The Kier molecular flexibility index (Phi) is 7.41. The highest BCUT2D eigenvalue weighted by atomic mass is 15.3. The van der Waals surface area contributed by atoms with Crippen LogP contribution in [0.3, 0.4) is 0 Å². The van der Waals surface area contributed by atoms with E-state index in [0.29, 0.717) is 25.0 Å². The highest BCUT2D eigenvalue weighted by Gasteiger charge is 2.27. The lowest BCUT2D eigenvalue weighted by atomic mass is 9.87. The van der Waals surface area contributed by atoms with Crippen LogP contribution < -0.4 is 15.5 Å². The van der Waals surface area contributed by atoms with Gasteiger partial charge in [0.05, 0.1) is 6.33 Å². The van der Waals surface area contributed by atoms with Gasteiger partial charge in [-0.15, -0.1) is 13.2 Å². The molecule has 0 spiro atoms. The number of aryl methyl sites for hydroxylation is 2. The fourth-order valence-corrected chi connectivity index (χ4v) is 6.07. The number of aromatic nitrogens is 4. The summed E-state index contributed by atoms with van der Waals surface area (Å²) in [5, 5.41) is 7.30. The van der Waals surface area contributed by atoms with Crippen molar-refractivity contribution in [3.05, 3.63) is 102 Å². The Morgan fingerprint density at radius 3 is 2.26 bits per heavy atom. The van der Waals surface area contributed by atoms with Crippen LogP contribution in [0.4, 0.5) is 11.8 Å². The Balaban J connectivity index is 1.16. The predicted octanol–water partition coefficient (Wildman–Crippen LogP) is 5.10. The summed E-state index contributed by atoms with van der Waals surface area (Å²) in [6.45, 7) is 11.8. The largest absolute Gasteiger partial charge is 0.365 e. The molecule has 2 aromatic heterocycles. The molecule has 0 atom stereocenters. The van der Waals surface area contributed by atoms with E-state index in [0.717, 1.165) is 68.2 Å². The van der Waals surface area contributed by atoms with Gasteiger partial charge in [0.25, 0.3) is 0 Å². The van der Waals surface area contributed by atoms with Crippen LogP contribution in [-0.2, 0) is 19.4 Å². The van der Waals surface area contributed by atoms with E-state index < -0.39 is 0 Å². The summed E-state index contributed by atoms with van der Waals surface area (Å²) in [6, 6.07) is 18.5. The number of hydrogen-bond donors (Lipinski definition) is 2. The van der Waals surface area contributed by atoms with Gasteiger partial charge in [-0.1, -0.05) is 60.7 Å². The maximum absolute atomic E-state index is 4.93. The van der Waals surface area contributed by atoms with E-state index >= 15 is 0 Å². The van der Waals surface area contributed by atoms with E-state index in [-0.39, 0.29) is 0 Å². The molecule has 4 aromatic rings. The zero-order chi connectivity index (χ0) is 26.6. The lowest BCUT2D eigenvalue weighted by Gasteiger charge is -2.33. The van der Waals surface area contributed by atoms with Gasteiger partial charge in [-0.2, -0.15) is 9.97 Å². The van der Waals surface area contributed by atoms with E-state index in [4.69, 9.17) is 9.97 Å². The molecular formula is C32H37N7. The number of nitrogens with one attached hydrogen (secondary N) is 2. The molecule has 7 heteroatoms. The molecule has 39 heavy (non-hydrogen) atoms. The van der Waals surface area contributed by atoms with Crippen LogP contribution >= 0.6 is 0 Å². The molecular weight excluding hydrogens is 482 g/mol. The van der Waals surface area contributed by atoms with E-state index in [9.17, 15) is 0 Å². The van der Waals surface area contributed by atoms with Crippen LogP contribution in [0.1, 0.15) is 41.0 Å². The van der Waals surface area contributed by atoms with Crippen molar-refractivity contribution in [2.45, 2.75) is 44.2 Å². The number of nitrogens with zero attached hydrogens (tertiary/aromatic N) is 5. The number of rotatable bonds is 9. The van der Waals surface area contributed by atoms with Gasteiger partial charge in [-0.25, -0.2) is 4.98 Å². The highest BCUT2D eigenvalue weighted by molar-refractivity contribution is 5.84. The molecule has 6 rings (SSSR count). The summed E-state index contributed by atoms with van der Waals surface area (Å²) < 4.78 is 2.02. The minimum atomic E-state index is 0.382. The molecule has 2 aromatic carbocycles. The Morgan fingerprint density at radius 1 is 0.897 bits per heavy atom.